The van der Waals surface area contributed by atoms with Gasteiger partial charge in [-0.05, 0) is 36.4 Å². The van der Waals surface area contributed by atoms with Gasteiger partial charge in [-0.25, -0.2) is 4.98 Å². The summed E-state index contributed by atoms with van der Waals surface area (Å²) >= 11 is 1.38. The Labute approximate surface area is 143 Å². The molecule has 2 N–H and O–H groups in total. The van der Waals surface area contributed by atoms with E-state index in [9.17, 15) is 9.59 Å². The molecule has 1 aromatic carbocycles. The Bertz CT molecular complexity index is 874. The molecular weight excluding hydrogens is 324 g/mol. The standard InChI is InChI=1S/C17H16N4O2S/c1-12(22)19-13-5-7-14(8-6-13)20-16(23)11-24-17-18-10-15-4-2-3-9-21(15)17/h2-10H,11H2,1H3,(H,19,22)(H,20,23). The van der Waals surface area contributed by atoms with E-state index < -0.39 is 0 Å². The molecule has 2 aromatic heterocycles. The van der Waals surface area contributed by atoms with Gasteiger partial charge in [0.2, 0.25) is 11.8 Å². The van der Waals surface area contributed by atoms with E-state index in [0.717, 1.165) is 10.7 Å². The van der Waals surface area contributed by atoms with E-state index in [-0.39, 0.29) is 17.6 Å². The Morgan fingerprint density at radius 3 is 2.50 bits per heavy atom. The van der Waals surface area contributed by atoms with Crippen LogP contribution in [0.2, 0.25) is 0 Å². The van der Waals surface area contributed by atoms with Gasteiger partial charge >= 0.3 is 0 Å². The average Bonchev–Trinajstić information content (AvgIpc) is 2.98. The molecule has 3 rings (SSSR count). The lowest BCUT2D eigenvalue weighted by Crippen LogP contribution is -2.14. The molecule has 2 heterocycles. The molecule has 0 atom stereocenters. The first-order valence-corrected chi connectivity index (χ1v) is 8.33. The van der Waals surface area contributed by atoms with Crippen LogP contribution < -0.4 is 10.6 Å². The third-order valence-electron chi connectivity index (χ3n) is 3.23. The van der Waals surface area contributed by atoms with Gasteiger partial charge in [0.05, 0.1) is 17.5 Å². The van der Waals surface area contributed by atoms with E-state index in [2.05, 4.69) is 15.6 Å². The molecule has 122 valence electrons. The third kappa shape index (κ3) is 3.94. The predicted molar refractivity (Wildman–Crippen MR) is 95.3 cm³/mol. The number of hydrogen-bond acceptors (Lipinski definition) is 4. The number of nitrogens with one attached hydrogen (secondary N) is 2. The molecule has 0 aliphatic heterocycles. The lowest BCUT2D eigenvalue weighted by atomic mass is 10.3. The molecule has 0 bridgehead atoms. The van der Waals surface area contributed by atoms with E-state index in [4.69, 9.17) is 0 Å². The number of imidazole rings is 1. The predicted octanol–water partition coefficient (Wildman–Crippen LogP) is 3.02. The fourth-order valence-corrected chi connectivity index (χ4v) is 2.96. The fraction of sp³-hybridized carbons (Fsp3) is 0.118. The second kappa shape index (κ2) is 7.18. The summed E-state index contributed by atoms with van der Waals surface area (Å²) in [7, 11) is 0. The van der Waals surface area contributed by atoms with Gasteiger partial charge in [0.15, 0.2) is 5.16 Å². The number of amides is 2. The first kappa shape index (κ1) is 16.1. The molecule has 2 amide bonds. The van der Waals surface area contributed by atoms with Crippen LogP contribution >= 0.6 is 11.8 Å². The monoisotopic (exact) mass is 340 g/mol. The zero-order chi connectivity index (χ0) is 16.9. The third-order valence-corrected chi connectivity index (χ3v) is 4.19. The van der Waals surface area contributed by atoms with E-state index in [1.165, 1.54) is 18.7 Å². The number of rotatable bonds is 5. The number of nitrogens with zero attached hydrogens (tertiary/aromatic N) is 2. The Hall–Kier alpha value is -2.80. The highest BCUT2D eigenvalue weighted by Gasteiger charge is 2.08. The minimum absolute atomic E-state index is 0.111. The van der Waals surface area contributed by atoms with Crippen molar-refractivity contribution >= 4 is 40.5 Å². The van der Waals surface area contributed by atoms with Crippen molar-refractivity contribution in [2.75, 3.05) is 16.4 Å². The van der Waals surface area contributed by atoms with Crippen molar-refractivity contribution in [1.82, 2.24) is 9.38 Å². The molecule has 6 nitrogen and oxygen atoms in total. The van der Waals surface area contributed by atoms with Crippen LogP contribution in [0.15, 0.2) is 60.0 Å². The van der Waals surface area contributed by atoms with Crippen LogP contribution in [0, 0.1) is 0 Å². The minimum atomic E-state index is -0.130. The zero-order valence-corrected chi connectivity index (χ0v) is 13.8. The topological polar surface area (TPSA) is 75.5 Å². The molecule has 0 radical (unpaired) electrons. The summed E-state index contributed by atoms with van der Waals surface area (Å²) in [5, 5.41) is 6.28. The number of hydrogen-bond donors (Lipinski definition) is 2. The van der Waals surface area contributed by atoms with Gasteiger partial charge in [-0.15, -0.1) is 0 Å². The largest absolute Gasteiger partial charge is 0.326 e. The van der Waals surface area contributed by atoms with Crippen molar-refractivity contribution in [2.24, 2.45) is 0 Å². The summed E-state index contributed by atoms with van der Waals surface area (Å²) in [6, 6.07) is 12.8. The number of fused-ring (bicyclic) bond motifs is 1. The smallest absolute Gasteiger partial charge is 0.234 e. The van der Waals surface area contributed by atoms with Crippen LogP contribution in [-0.2, 0) is 9.59 Å². The van der Waals surface area contributed by atoms with Gasteiger partial charge in [0.25, 0.3) is 0 Å². The SMILES string of the molecule is CC(=O)Nc1ccc(NC(=O)CSc2ncc3ccccn23)cc1. The van der Waals surface area contributed by atoms with Gasteiger partial charge in [0, 0.05) is 24.5 Å². The van der Waals surface area contributed by atoms with E-state index >= 15 is 0 Å². The maximum Gasteiger partial charge on any atom is 0.234 e. The normalized spacial score (nSPS) is 10.5. The highest BCUT2D eigenvalue weighted by molar-refractivity contribution is 7.99. The van der Waals surface area contributed by atoms with Crippen molar-refractivity contribution in [3.63, 3.8) is 0 Å². The van der Waals surface area contributed by atoms with Crippen LogP contribution in [0.4, 0.5) is 11.4 Å². The summed E-state index contributed by atoms with van der Waals surface area (Å²) < 4.78 is 1.94. The van der Waals surface area contributed by atoms with Gasteiger partial charge < -0.3 is 10.6 Å². The first-order chi connectivity index (χ1) is 11.6. The van der Waals surface area contributed by atoms with Crippen LogP contribution in [-0.4, -0.2) is 27.0 Å². The molecule has 7 heteroatoms. The molecule has 3 aromatic rings. The van der Waals surface area contributed by atoms with Crippen LogP contribution in [0.5, 0.6) is 0 Å². The van der Waals surface area contributed by atoms with Crippen LogP contribution in [0.25, 0.3) is 5.52 Å². The Morgan fingerprint density at radius 2 is 1.79 bits per heavy atom. The van der Waals surface area contributed by atoms with Crippen molar-refractivity contribution in [2.45, 2.75) is 12.1 Å². The Kier molecular flexibility index (Phi) is 4.81. The molecular formula is C17H16N4O2S. The number of thioether (sulfide) groups is 1. The van der Waals surface area contributed by atoms with E-state index in [1.807, 2.05) is 28.8 Å². The van der Waals surface area contributed by atoms with Gasteiger partial charge in [0.1, 0.15) is 0 Å². The maximum absolute atomic E-state index is 12.1. The molecule has 0 saturated heterocycles. The number of carbonyl (C=O) groups is 2. The van der Waals surface area contributed by atoms with Crippen molar-refractivity contribution < 1.29 is 9.59 Å². The highest BCUT2D eigenvalue weighted by atomic mass is 32.2. The number of carbonyl (C=O) groups excluding carboxylic acids is 2. The van der Waals surface area contributed by atoms with Gasteiger partial charge in [-0.1, -0.05) is 17.8 Å². The minimum Gasteiger partial charge on any atom is -0.326 e. The summed E-state index contributed by atoms with van der Waals surface area (Å²) in [4.78, 5) is 27.4. The van der Waals surface area contributed by atoms with E-state index in [0.29, 0.717) is 11.4 Å². The highest BCUT2D eigenvalue weighted by Crippen LogP contribution is 2.19. The molecule has 0 aliphatic carbocycles. The Morgan fingerprint density at radius 1 is 1.08 bits per heavy atom. The van der Waals surface area contributed by atoms with Crippen molar-refractivity contribution in [1.29, 1.82) is 0 Å². The average molecular weight is 340 g/mol. The van der Waals surface area contributed by atoms with Crippen molar-refractivity contribution in [3.05, 3.63) is 54.9 Å². The molecule has 0 spiro atoms. The van der Waals surface area contributed by atoms with Crippen molar-refractivity contribution in [3.8, 4) is 0 Å². The lowest BCUT2D eigenvalue weighted by Gasteiger charge is -2.07. The number of anilines is 2. The summed E-state index contributed by atoms with van der Waals surface area (Å²) in [6.45, 7) is 1.45. The second-order valence-electron chi connectivity index (χ2n) is 5.13. The molecule has 0 unspecified atom stereocenters. The van der Waals surface area contributed by atoms with Crippen LogP contribution in [0.3, 0.4) is 0 Å². The maximum atomic E-state index is 12.1. The summed E-state index contributed by atoms with van der Waals surface area (Å²) in [6.07, 6.45) is 3.70. The molecule has 0 saturated carbocycles. The van der Waals surface area contributed by atoms with Gasteiger partial charge in [-0.2, -0.15) is 0 Å². The zero-order valence-electron chi connectivity index (χ0n) is 13.0. The number of aromatic nitrogens is 2. The number of benzene rings is 1. The fourth-order valence-electron chi connectivity index (χ4n) is 2.19. The molecule has 0 fully saturated rings. The molecule has 0 aliphatic rings. The lowest BCUT2D eigenvalue weighted by molar-refractivity contribution is -0.114. The van der Waals surface area contributed by atoms with E-state index in [1.54, 1.807) is 30.5 Å². The number of pyridine rings is 1. The molecule has 24 heavy (non-hydrogen) atoms. The summed E-state index contributed by atoms with van der Waals surface area (Å²) in [5.41, 5.74) is 2.37. The van der Waals surface area contributed by atoms with Gasteiger partial charge in [-0.3, -0.25) is 14.0 Å². The summed E-state index contributed by atoms with van der Waals surface area (Å²) in [5.74, 6) is 0.0247. The first-order valence-electron chi connectivity index (χ1n) is 7.34. The second-order valence-corrected chi connectivity index (χ2v) is 6.07. The quantitative estimate of drug-likeness (QED) is 0.700. The Balaban J connectivity index is 1.56. The van der Waals surface area contributed by atoms with Crippen LogP contribution in [0.1, 0.15) is 6.92 Å².